The summed E-state index contributed by atoms with van der Waals surface area (Å²) >= 11 is 0. The molecule has 0 radical (unpaired) electrons. The standard InChI is InChI=1S/C20H28O5/c21-10-9-16-17(14-23-13-15-6-2-1-3-7-15)19(12-18(16)22)25-20-8-4-5-11-24-20/h1-3,6-7,10,16-20,22H,4-5,8-9,11-14H2/t16-,17-,18+,19-,20?/m1/s1. The second-order valence-corrected chi connectivity index (χ2v) is 7.00. The highest BCUT2D eigenvalue weighted by atomic mass is 16.7. The molecule has 25 heavy (non-hydrogen) atoms. The van der Waals surface area contributed by atoms with Crippen LogP contribution < -0.4 is 0 Å². The molecular formula is C20H28O5. The molecule has 1 N–H and O–H groups in total. The van der Waals surface area contributed by atoms with E-state index < -0.39 is 6.10 Å². The predicted molar refractivity (Wildman–Crippen MR) is 92.8 cm³/mol. The fraction of sp³-hybridized carbons (Fsp3) is 0.650. The highest BCUT2D eigenvalue weighted by Gasteiger charge is 2.44. The van der Waals surface area contributed by atoms with E-state index in [2.05, 4.69) is 0 Å². The van der Waals surface area contributed by atoms with Crippen LogP contribution in [0.25, 0.3) is 0 Å². The fourth-order valence-electron chi connectivity index (χ4n) is 3.88. The molecule has 0 spiro atoms. The quantitative estimate of drug-likeness (QED) is 0.732. The lowest BCUT2D eigenvalue weighted by Gasteiger charge is -2.30. The van der Waals surface area contributed by atoms with E-state index in [9.17, 15) is 9.90 Å². The van der Waals surface area contributed by atoms with Gasteiger partial charge in [-0.3, -0.25) is 0 Å². The lowest BCUT2D eigenvalue weighted by atomic mass is 9.92. The molecule has 5 heteroatoms. The number of rotatable bonds is 8. The number of carbonyl (C=O) groups excluding carboxylic acids is 1. The average Bonchev–Trinajstić information content (AvgIpc) is 2.92. The first kappa shape index (κ1) is 18.5. The van der Waals surface area contributed by atoms with E-state index in [1.54, 1.807) is 0 Å². The Labute approximate surface area is 149 Å². The van der Waals surface area contributed by atoms with Crippen molar-refractivity contribution in [3.05, 3.63) is 35.9 Å². The Morgan fingerprint density at radius 2 is 2.04 bits per heavy atom. The van der Waals surface area contributed by atoms with Gasteiger partial charge in [-0.2, -0.15) is 0 Å². The zero-order valence-corrected chi connectivity index (χ0v) is 14.6. The maximum atomic E-state index is 11.0. The Morgan fingerprint density at radius 1 is 1.20 bits per heavy atom. The molecule has 5 nitrogen and oxygen atoms in total. The topological polar surface area (TPSA) is 65.0 Å². The van der Waals surface area contributed by atoms with Crippen LogP contribution in [-0.2, 0) is 25.6 Å². The molecular weight excluding hydrogens is 320 g/mol. The van der Waals surface area contributed by atoms with E-state index in [1.165, 1.54) is 0 Å². The molecule has 2 aliphatic rings. The SMILES string of the molecule is O=CC[C@@H]1[C@@H](COCc2ccccc2)[C@H](OC2CCCCO2)C[C@@H]1O. The van der Waals surface area contributed by atoms with E-state index in [4.69, 9.17) is 14.2 Å². The van der Waals surface area contributed by atoms with Gasteiger partial charge in [-0.15, -0.1) is 0 Å². The Balaban J connectivity index is 1.58. The van der Waals surface area contributed by atoms with Crippen molar-refractivity contribution in [2.75, 3.05) is 13.2 Å². The molecule has 2 fully saturated rings. The van der Waals surface area contributed by atoms with Crippen LogP contribution in [0.4, 0.5) is 0 Å². The molecule has 5 atom stereocenters. The van der Waals surface area contributed by atoms with E-state index in [0.29, 0.717) is 26.1 Å². The molecule has 0 aromatic heterocycles. The summed E-state index contributed by atoms with van der Waals surface area (Å²) in [6.45, 7) is 1.72. The average molecular weight is 348 g/mol. The molecule has 1 unspecified atom stereocenters. The normalized spacial score (nSPS) is 32.6. The van der Waals surface area contributed by atoms with Crippen LogP contribution >= 0.6 is 0 Å². The Hall–Kier alpha value is -1.27. The van der Waals surface area contributed by atoms with Crippen molar-refractivity contribution in [3.63, 3.8) is 0 Å². The summed E-state index contributed by atoms with van der Waals surface area (Å²) in [6.07, 6.45) is 3.99. The van der Waals surface area contributed by atoms with Crippen LogP contribution in [0.3, 0.4) is 0 Å². The summed E-state index contributed by atoms with van der Waals surface area (Å²) in [5.74, 6) is -0.101. The highest BCUT2D eigenvalue weighted by Crippen LogP contribution is 2.38. The molecule has 1 aliphatic carbocycles. The van der Waals surface area contributed by atoms with Gasteiger partial charge in [0.1, 0.15) is 6.29 Å². The van der Waals surface area contributed by atoms with Crippen LogP contribution in [0.15, 0.2) is 30.3 Å². The fourth-order valence-corrected chi connectivity index (χ4v) is 3.88. The van der Waals surface area contributed by atoms with Crippen LogP contribution in [0.1, 0.15) is 37.7 Å². The number of aldehydes is 1. The smallest absolute Gasteiger partial charge is 0.157 e. The van der Waals surface area contributed by atoms with Gasteiger partial charge in [0, 0.05) is 25.4 Å². The number of hydrogen-bond acceptors (Lipinski definition) is 5. The molecule has 0 bridgehead atoms. The molecule has 0 amide bonds. The van der Waals surface area contributed by atoms with Gasteiger partial charge in [0.15, 0.2) is 6.29 Å². The number of carbonyl (C=O) groups is 1. The Kier molecular flexibility index (Phi) is 6.99. The van der Waals surface area contributed by atoms with Crippen molar-refractivity contribution >= 4 is 6.29 Å². The van der Waals surface area contributed by atoms with Crippen LogP contribution in [0.5, 0.6) is 0 Å². The second-order valence-electron chi connectivity index (χ2n) is 7.00. The van der Waals surface area contributed by atoms with Crippen molar-refractivity contribution in [1.29, 1.82) is 0 Å². The van der Waals surface area contributed by atoms with Gasteiger partial charge in [0.25, 0.3) is 0 Å². The van der Waals surface area contributed by atoms with Crippen LogP contribution in [0.2, 0.25) is 0 Å². The van der Waals surface area contributed by atoms with E-state index in [1.807, 2.05) is 30.3 Å². The third-order valence-electron chi connectivity index (χ3n) is 5.25. The minimum atomic E-state index is -0.524. The summed E-state index contributed by atoms with van der Waals surface area (Å²) in [4.78, 5) is 11.0. The van der Waals surface area contributed by atoms with Gasteiger partial charge in [-0.1, -0.05) is 30.3 Å². The van der Waals surface area contributed by atoms with E-state index in [-0.39, 0.29) is 24.2 Å². The first-order valence-electron chi connectivity index (χ1n) is 9.28. The monoisotopic (exact) mass is 348 g/mol. The third-order valence-corrected chi connectivity index (χ3v) is 5.25. The van der Waals surface area contributed by atoms with Crippen LogP contribution in [-0.4, -0.2) is 43.1 Å². The summed E-state index contributed by atoms with van der Waals surface area (Å²) in [5, 5.41) is 10.4. The molecule has 1 aliphatic heterocycles. The van der Waals surface area contributed by atoms with Gasteiger partial charge in [0.05, 0.1) is 25.4 Å². The number of aliphatic hydroxyl groups excluding tert-OH is 1. The Bertz CT molecular complexity index is 514. The minimum absolute atomic E-state index is 0.00874. The second kappa shape index (κ2) is 9.43. The van der Waals surface area contributed by atoms with Gasteiger partial charge >= 0.3 is 0 Å². The molecule has 138 valence electrons. The summed E-state index contributed by atoms with van der Waals surface area (Å²) < 4.78 is 17.7. The van der Waals surface area contributed by atoms with Crippen molar-refractivity contribution in [2.45, 2.75) is 57.2 Å². The van der Waals surface area contributed by atoms with Crippen molar-refractivity contribution in [1.82, 2.24) is 0 Å². The van der Waals surface area contributed by atoms with Gasteiger partial charge in [-0.05, 0) is 30.7 Å². The molecule has 1 aromatic rings. The van der Waals surface area contributed by atoms with E-state index in [0.717, 1.165) is 37.7 Å². The molecule has 3 rings (SSSR count). The van der Waals surface area contributed by atoms with Gasteiger partial charge in [0.2, 0.25) is 0 Å². The van der Waals surface area contributed by atoms with Gasteiger partial charge in [-0.25, -0.2) is 0 Å². The summed E-state index contributed by atoms with van der Waals surface area (Å²) in [5.41, 5.74) is 1.11. The lowest BCUT2D eigenvalue weighted by Crippen LogP contribution is -2.33. The summed E-state index contributed by atoms with van der Waals surface area (Å²) in [6, 6.07) is 10.00. The number of benzene rings is 1. The number of hydrogen-bond donors (Lipinski definition) is 1. The third kappa shape index (κ3) is 5.11. The van der Waals surface area contributed by atoms with Gasteiger partial charge < -0.3 is 24.1 Å². The van der Waals surface area contributed by atoms with Crippen molar-refractivity contribution < 1.29 is 24.1 Å². The maximum Gasteiger partial charge on any atom is 0.157 e. The Morgan fingerprint density at radius 3 is 2.76 bits per heavy atom. The van der Waals surface area contributed by atoms with E-state index >= 15 is 0 Å². The van der Waals surface area contributed by atoms with Crippen LogP contribution in [0, 0.1) is 11.8 Å². The molecule has 1 saturated carbocycles. The van der Waals surface area contributed by atoms with Crippen molar-refractivity contribution in [2.24, 2.45) is 11.8 Å². The van der Waals surface area contributed by atoms with Crippen molar-refractivity contribution in [3.8, 4) is 0 Å². The first-order valence-corrected chi connectivity index (χ1v) is 9.28. The highest BCUT2D eigenvalue weighted by molar-refractivity contribution is 5.50. The maximum absolute atomic E-state index is 11.0. The zero-order chi connectivity index (χ0) is 17.5. The molecule has 1 heterocycles. The summed E-state index contributed by atoms with van der Waals surface area (Å²) in [7, 11) is 0. The molecule has 1 aromatic carbocycles. The molecule has 1 saturated heterocycles. The zero-order valence-electron chi connectivity index (χ0n) is 14.6. The minimum Gasteiger partial charge on any atom is -0.393 e. The lowest BCUT2D eigenvalue weighted by molar-refractivity contribution is -0.199. The number of aliphatic hydroxyl groups is 1. The predicted octanol–water partition coefficient (Wildman–Crippen LogP) is 2.70. The number of ether oxygens (including phenoxy) is 3. The first-order chi connectivity index (χ1) is 12.3. The largest absolute Gasteiger partial charge is 0.393 e.